The number of nitrogens with two attached hydrogens (primary N) is 1. The lowest BCUT2D eigenvalue weighted by Crippen LogP contribution is -2.36. The Morgan fingerprint density at radius 2 is 1.89 bits per heavy atom. The summed E-state index contributed by atoms with van der Waals surface area (Å²) in [6, 6.07) is 9.29. The molecule has 0 atom stereocenters. The number of amides is 1. The van der Waals surface area contributed by atoms with Crippen molar-refractivity contribution in [2.75, 3.05) is 5.73 Å². The molecule has 2 N–H and O–H groups in total. The second-order valence-electron chi connectivity index (χ2n) is 8.67. The summed E-state index contributed by atoms with van der Waals surface area (Å²) >= 11 is 0. The summed E-state index contributed by atoms with van der Waals surface area (Å²) in [6.45, 7) is 0.944. The predicted molar refractivity (Wildman–Crippen MR) is 129 cm³/mol. The standard InChI is InChI=1S/C25H22F3N7O/c1-14(2)33(11-17-4-3-15(7-19(17)26)18-9-31-35(12-18)25(27)28)24(36)16-5-6-20-21(8-16)34-13-30-10-22(34)23(29)32-20/h3-10,12-14,25H,11H2,1-2H3,(H2,29,32). The summed E-state index contributed by atoms with van der Waals surface area (Å²) in [6.07, 6.45) is 5.61. The largest absolute Gasteiger partial charge is 0.382 e. The van der Waals surface area contributed by atoms with Crippen LogP contribution in [0.3, 0.4) is 0 Å². The molecule has 0 saturated carbocycles. The smallest absolute Gasteiger partial charge is 0.333 e. The van der Waals surface area contributed by atoms with E-state index in [2.05, 4.69) is 15.1 Å². The van der Waals surface area contributed by atoms with Gasteiger partial charge in [0.25, 0.3) is 5.91 Å². The molecule has 5 aromatic rings. The molecule has 36 heavy (non-hydrogen) atoms. The van der Waals surface area contributed by atoms with Crippen LogP contribution in [0.2, 0.25) is 0 Å². The highest BCUT2D eigenvalue weighted by molar-refractivity contribution is 5.98. The highest BCUT2D eigenvalue weighted by Gasteiger charge is 2.22. The van der Waals surface area contributed by atoms with Crippen LogP contribution in [0.15, 0.2) is 61.3 Å². The topological polar surface area (TPSA) is 94.3 Å². The van der Waals surface area contributed by atoms with Crippen molar-refractivity contribution in [2.24, 2.45) is 0 Å². The Labute approximate surface area is 203 Å². The lowest BCUT2D eigenvalue weighted by molar-refractivity contribution is 0.0566. The van der Waals surface area contributed by atoms with E-state index in [-0.39, 0.29) is 18.5 Å². The van der Waals surface area contributed by atoms with Crippen LogP contribution >= 0.6 is 0 Å². The van der Waals surface area contributed by atoms with E-state index in [0.717, 1.165) is 6.20 Å². The van der Waals surface area contributed by atoms with Crippen molar-refractivity contribution in [1.29, 1.82) is 0 Å². The average Bonchev–Trinajstić information content (AvgIpc) is 3.53. The van der Waals surface area contributed by atoms with Gasteiger partial charge in [0.2, 0.25) is 0 Å². The number of nitrogens with zero attached hydrogens (tertiary/aromatic N) is 6. The molecule has 0 unspecified atom stereocenters. The molecule has 184 valence electrons. The van der Waals surface area contributed by atoms with E-state index < -0.39 is 12.4 Å². The molecule has 0 aliphatic heterocycles. The summed E-state index contributed by atoms with van der Waals surface area (Å²) in [7, 11) is 0. The van der Waals surface area contributed by atoms with E-state index in [1.807, 2.05) is 13.8 Å². The Bertz CT molecular complexity index is 1590. The molecular weight excluding hydrogens is 471 g/mol. The summed E-state index contributed by atoms with van der Waals surface area (Å²) in [5, 5.41) is 3.59. The minimum Gasteiger partial charge on any atom is -0.382 e. The van der Waals surface area contributed by atoms with Crippen molar-refractivity contribution in [2.45, 2.75) is 33.0 Å². The number of alkyl halides is 2. The first-order chi connectivity index (χ1) is 17.2. The average molecular weight is 493 g/mol. The number of fused-ring (bicyclic) bond motifs is 3. The summed E-state index contributed by atoms with van der Waals surface area (Å²) in [5.41, 5.74) is 9.41. The Kier molecular flexibility index (Phi) is 5.83. The fraction of sp³-hybridized carbons (Fsp3) is 0.200. The number of nitrogen functional groups attached to an aromatic ring is 1. The lowest BCUT2D eigenvalue weighted by Gasteiger charge is -2.27. The molecule has 2 aromatic carbocycles. The lowest BCUT2D eigenvalue weighted by atomic mass is 10.0. The number of imidazole rings is 1. The van der Waals surface area contributed by atoms with E-state index in [4.69, 9.17) is 5.73 Å². The molecule has 0 aliphatic rings. The van der Waals surface area contributed by atoms with Crippen molar-refractivity contribution in [3.05, 3.63) is 78.3 Å². The number of carbonyl (C=O) groups excluding carboxylic acids is 1. The zero-order chi connectivity index (χ0) is 25.6. The first kappa shape index (κ1) is 23.3. The van der Waals surface area contributed by atoms with Gasteiger partial charge in [0.05, 0.1) is 29.8 Å². The third kappa shape index (κ3) is 4.12. The number of hydrogen-bond acceptors (Lipinski definition) is 5. The van der Waals surface area contributed by atoms with Crippen LogP contribution < -0.4 is 5.73 Å². The Balaban J connectivity index is 1.44. The van der Waals surface area contributed by atoms with E-state index in [1.54, 1.807) is 52.2 Å². The summed E-state index contributed by atoms with van der Waals surface area (Å²) in [5.74, 6) is -0.490. The fourth-order valence-electron chi connectivity index (χ4n) is 4.09. The SMILES string of the molecule is CC(C)N(Cc1ccc(-c2cnn(C(F)F)c2)cc1F)C(=O)c1ccc2nc(N)c3cncn3c2c1. The zero-order valence-electron chi connectivity index (χ0n) is 19.4. The number of rotatable bonds is 6. The van der Waals surface area contributed by atoms with Crippen molar-refractivity contribution < 1.29 is 18.0 Å². The van der Waals surface area contributed by atoms with Gasteiger partial charge in [0, 0.05) is 35.5 Å². The first-order valence-electron chi connectivity index (χ1n) is 11.2. The molecule has 0 spiro atoms. The van der Waals surface area contributed by atoms with E-state index in [1.165, 1.54) is 12.3 Å². The van der Waals surface area contributed by atoms with Crippen molar-refractivity contribution >= 4 is 28.3 Å². The van der Waals surface area contributed by atoms with Gasteiger partial charge >= 0.3 is 6.55 Å². The highest BCUT2D eigenvalue weighted by Crippen LogP contribution is 2.26. The minimum atomic E-state index is -2.78. The van der Waals surface area contributed by atoms with Crippen molar-refractivity contribution in [3.8, 4) is 11.1 Å². The van der Waals surface area contributed by atoms with Crippen molar-refractivity contribution in [1.82, 2.24) is 29.0 Å². The third-order valence-electron chi connectivity index (χ3n) is 6.04. The minimum absolute atomic E-state index is 0.0252. The number of hydrogen-bond donors (Lipinski definition) is 1. The van der Waals surface area contributed by atoms with Gasteiger partial charge in [0.1, 0.15) is 17.2 Å². The maximum absolute atomic E-state index is 15.0. The van der Waals surface area contributed by atoms with Crippen LogP contribution in [0, 0.1) is 5.82 Å². The quantitative estimate of drug-likeness (QED) is 0.363. The van der Waals surface area contributed by atoms with Crippen LogP contribution in [-0.2, 0) is 6.54 Å². The fourth-order valence-corrected chi connectivity index (χ4v) is 4.09. The second kappa shape index (κ2) is 8.99. The summed E-state index contributed by atoms with van der Waals surface area (Å²) in [4.78, 5) is 23.5. The van der Waals surface area contributed by atoms with Crippen LogP contribution in [0.5, 0.6) is 0 Å². The Morgan fingerprint density at radius 1 is 1.08 bits per heavy atom. The molecular formula is C25H22F3N7O. The van der Waals surface area contributed by atoms with Crippen molar-refractivity contribution in [3.63, 3.8) is 0 Å². The van der Waals surface area contributed by atoms with Crippen LogP contribution in [-0.4, -0.2) is 41.0 Å². The number of carbonyl (C=O) groups is 1. The van der Waals surface area contributed by atoms with Gasteiger partial charge in [-0.1, -0.05) is 12.1 Å². The highest BCUT2D eigenvalue weighted by atomic mass is 19.3. The molecule has 0 fully saturated rings. The zero-order valence-corrected chi connectivity index (χ0v) is 19.4. The molecule has 11 heteroatoms. The Morgan fingerprint density at radius 3 is 2.58 bits per heavy atom. The number of aromatic nitrogens is 5. The number of anilines is 1. The van der Waals surface area contributed by atoms with Gasteiger partial charge in [-0.2, -0.15) is 13.9 Å². The monoisotopic (exact) mass is 493 g/mol. The molecule has 3 aromatic heterocycles. The molecule has 1 amide bonds. The maximum atomic E-state index is 15.0. The molecule has 0 radical (unpaired) electrons. The maximum Gasteiger partial charge on any atom is 0.333 e. The van der Waals surface area contributed by atoms with E-state index >= 15 is 4.39 Å². The van der Waals surface area contributed by atoms with Gasteiger partial charge in [-0.15, -0.1) is 0 Å². The predicted octanol–water partition coefficient (Wildman–Crippen LogP) is 4.91. The van der Waals surface area contributed by atoms with Crippen LogP contribution in [0.1, 0.15) is 36.3 Å². The molecule has 3 heterocycles. The third-order valence-corrected chi connectivity index (χ3v) is 6.04. The molecule has 0 bridgehead atoms. The normalized spacial score (nSPS) is 11.8. The molecule has 5 rings (SSSR count). The van der Waals surface area contributed by atoms with Gasteiger partial charge in [-0.05, 0) is 43.7 Å². The van der Waals surface area contributed by atoms with E-state index in [9.17, 15) is 13.6 Å². The van der Waals surface area contributed by atoms with Gasteiger partial charge < -0.3 is 10.6 Å². The number of benzene rings is 2. The van der Waals surface area contributed by atoms with Crippen LogP contribution in [0.25, 0.3) is 27.7 Å². The Hall–Kier alpha value is -4.41. The van der Waals surface area contributed by atoms with Gasteiger partial charge in [-0.3, -0.25) is 9.20 Å². The van der Waals surface area contributed by atoms with E-state index in [0.29, 0.717) is 49.3 Å². The second-order valence-corrected chi connectivity index (χ2v) is 8.67. The van der Waals surface area contributed by atoms with Gasteiger partial charge in [-0.25, -0.2) is 19.0 Å². The molecule has 0 aliphatic carbocycles. The molecule has 0 saturated heterocycles. The molecule has 8 nitrogen and oxygen atoms in total. The summed E-state index contributed by atoms with van der Waals surface area (Å²) < 4.78 is 42.9. The number of halogens is 3. The van der Waals surface area contributed by atoms with Gasteiger partial charge in [0.15, 0.2) is 0 Å². The van der Waals surface area contributed by atoms with Crippen LogP contribution in [0.4, 0.5) is 19.0 Å². The first-order valence-corrected chi connectivity index (χ1v) is 11.2.